The van der Waals surface area contributed by atoms with E-state index in [9.17, 15) is 4.79 Å². The van der Waals surface area contributed by atoms with E-state index in [1.165, 1.54) is 12.8 Å². The van der Waals surface area contributed by atoms with Gasteiger partial charge in [-0.25, -0.2) is 0 Å². The number of nitrogens with zero attached hydrogens (tertiary/aromatic N) is 1. The fraction of sp³-hybridized carbons (Fsp3) is 0.929. The van der Waals surface area contributed by atoms with E-state index in [-0.39, 0.29) is 11.4 Å². The molecular formula is C14H26N2O2. The lowest BCUT2D eigenvalue weighted by atomic mass is 10.1. The molecule has 104 valence electrons. The average molecular weight is 254 g/mol. The van der Waals surface area contributed by atoms with Gasteiger partial charge in [-0.15, -0.1) is 0 Å². The Morgan fingerprint density at radius 2 is 2.06 bits per heavy atom. The summed E-state index contributed by atoms with van der Waals surface area (Å²) in [6.45, 7) is 9.29. The third kappa shape index (κ3) is 4.25. The van der Waals surface area contributed by atoms with Crippen LogP contribution in [0.2, 0.25) is 0 Å². The van der Waals surface area contributed by atoms with Crippen LogP contribution < -0.4 is 5.32 Å². The summed E-state index contributed by atoms with van der Waals surface area (Å²) in [5, 5.41) is 3.29. The van der Waals surface area contributed by atoms with Crippen LogP contribution in [-0.4, -0.2) is 48.7 Å². The molecule has 1 N–H and O–H groups in total. The minimum Gasteiger partial charge on any atom is -0.381 e. The van der Waals surface area contributed by atoms with E-state index in [4.69, 9.17) is 4.74 Å². The zero-order valence-corrected chi connectivity index (χ0v) is 11.9. The second-order valence-corrected chi connectivity index (χ2v) is 6.61. The molecule has 1 saturated heterocycles. The van der Waals surface area contributed by atoms with Crippen molar-refractivity contribution < 1.29 is 9.53 Å². The van der Waals surface area contributed by atoms with Gasteiger partial charge in [0.2, 0.25) is 5.91 Å². The first-order valence-electron chi connectivity index (χ1n) is 7.08. The first-order chi connectivity index (χ1) is 8.46. The summed E-state index contributed by atoms with van der Waals surface area (Å²) in [6.07, 6.45) is 3.45. The molecule has 0 bridgehead atoms. The zero-order valence-electron chi connectivity index (χ0n) is 11.9. The van der Waals surface area contributed by atoms with Crippen molar-refractivity contribution in [1.82, 2.24) is 10.2 Å². The first-order valence-corrected chi connectivity index (χ1v) is 7.08. The van der Waals surface area contributed by atoms with Crippen LogP contribution in [0.4, 0.5) is 0 Å². The Balaban J connectivity index is 1.82. The first kappa shape index (κ1) is 13.8. The second kappa shape index (κ2) is 5.57. The van der Waals surface area contributed by atoms with Crippen molar-refractivity contribution in [3.05, 3.63) is 0 Å². The fourth-order valence-electron chi connectivity index (χ4n) is 2.29. The molecular weight excluding hydrogens is 228 g/mol. The van der Waals surface area contributed by atoms with E-state index < -0.39 is 0 Å². The van der Waals surface area contributed by atoms with Crippen molar-refractivity contribution in [1.29, 1.82) is 0 Å². The highest BCUT2D eigenvalue weighted by Crippen LogP contribution is 2.29. The smallest absolute Gasteiger partial charge is 0.236 e. The lowest BCUT2D eigenvalue weighted by molar-refractivity contribution is -0.131. The Hall–Kier alpha value is -0.610. The van der Waals surface area contributed by atoms with Gasteiger partial charge in [-0.05, 0) is 40.0 Å². The maximum absolute atomic E-state index is 12.3. The molecule has 1 heterocycles. The van der Waals surface area contributed by atoms with Crippen LogP contribution in [0.1, 0.15) is 40.0 Å². The molecule has 1 aliphatic heterocycles. The highest BCUT2D eigenvalue weighted by molar-refractivity contribution is 5.79. The number of hydrogen-bond donors (Lipinski definition) is 1. The summed E-state index contributed by atoms with van der Waals surface area (Å²) in [6, 6.07) is 0.500. The molecule has 1 amide bonds. The normalized spacial score (nSPS) is 24.3. The van der Waals surface area contributed by atoms with E-state index in [2.05, 4.69) is 31.0 Å². The number of carbonyl (C=O) groups excluding carboxylic acids is 1. The monoisotopic (exact) mass is 254 g/mol. The quantitative estimate of drug-likeness (QED) is 0.806. The highest BCUT2D eigenvalue weighted by atomic mass is 16.5. The predicted octanol–water partition coefficient (Wildman–Crippen LogP) is 1.40. The van der Waals surface area contributed by atoms with Gasteiger partial charge in [0.05, 0.1) is 13.2 Å². The molecule has 1 atom stereocenters. The van der Waals surface area contributed by atoms with Crippen molar-refractivity contribution >= 4 is 5.91 Å². The van der Waals surface area contributed by atoms with E-state index in [1.54, 1.807) is 0 Å². The number of rotatable bonds is 5. The van der Waals surface area contributed by atoms with E-state index >= 15 is 0 Å². The molecule has 0 aromatic rings. The molecule has 1 saturated carbocycles. The van der Waals surface area contributed by atoms with Crippen molar-refractivity contribution in [3.63, 3.8) is 0 Å². The molecule has 1 aliphatic carbocycles. The van der Waals surface area contributed by atoms with Crippen LogP contribution in [0.25, 0.3) is 0 Å². The van der Waals surface area contributed by atoms with Gasteiger partial charge >= 0.3 is 0 Å². The summed E-state index contributed by atoms with van der Waals surface area (Å²) in [4.78, 5) is 14.4. The maximum Gasteiger partial charge on any atom is 0.236 e. The second-order valence-electron chi connectivity index (χ2n) is 6.61. The van der Waals surface area contributed by atoms with E-state index in [0.29, 0.717) is 18.5 Å². The number of carbonyl (C=O) groups is 1. The average Bonchev–Trinajstić information content (AvgIpc) is 2.99. The molecule has 2 fully saturated rings. The Kier molecular flexibility index (Phi) is 4.28. The molecule has 18 heavy (non-hydrogen) atoms. The molecule has 4 nitrogen and oxygen atoms in total. The number of hydrogen-bond acceptors (Lipinski definition) is 3. The van der Waals surface area contributed by atoms with Crippen molar-refractivity contribution in [2.45, 2.75) is 51.6 Å². The molecule has 0 spiro atoms. The van der Waals surface area contributed by atoms with Crippen molar-refractivity contribution in [2.75, 3.05) is 26.3 Å². The van der Waals surface area contributed by atoms with Crippen molar-refractivity contribution in [3.8, 4) is 0 Å². The van der Waals surface area contributed by atoms with Crippen LogP contribution in [0.5, 0.6) is 0 Å². The molecule has 2 aliphatic rings. The van der Waals surface area contributed by atoms with Gasteiger partial charge in [0, 0.05) is 30.7 Å². The van der Waals surface area contributed by atoms with Crippen LogP contribution >= 0.6 is 0 Å². The topological polar surface area (TPSA) is 41.6 Å². The number of amides is 1. The summed E-state index contributed by atoms with van der Waals surface area (Å²) in [7, 11) is 0. The van der Waals surface area contributed by atoms with Crippen LogP contribution in [0.3, 0.4) is 0 Å². The van der Waals surface area contributed by atoms with E-state index in [1.807, 2.05) is 0 Å². The number of ether oxygens (including phenoxy) is 1. The van der Waals surface area contributed by atoms with E-state index in [0.717, 1.165) is 26.2 Å². The SMILES string of the molecule is CC(C)(C)NCC(=O)N(CC1CCOC1)C1CC1. The van der Waals surface area contributed by atoms with Crippen molar-refractivity contribution in [2.24, 2.45) is 5.92 Å². The Morgan fingerprint density at radius 3 is 2.56 bits per heavy atom. The van der Waals surface area contributed by atoms with Gasteiger partial charge in [0.15, 0.2) is 0 Å². The lowest BCUT2D eigenvalue weighted by Crippen LogP contribution is -2.47. The fourth-order valence-corrected chi connectivity index (χ4v) is 2.29. The van der Waals surface area contributed by atoms with Gasteiger partial charge in [0.1, 0.15) is 0 Å². The minimum absolute atomic E-state index is 0.00134. The Morgan fingerprint density at radius 1 is 1.33 bits per heavy atom. The zero-order chi connectivity index (χ0) is 13.2. The molecule has 1 unspecified atom stereocenters. The summed E-state index contributed by atoms with van der Waals surface area (Å²) in [5.74, 6) is 0.795. The molecule has 0 aromatic heterocycles. The van der Waals surface area contributed by atoms with Gasteiger partial charge in [0.25, 0.3) is 0 Å². The molecule has 4 heteroatoms. The Bertz CT molecular complexity index is 289. The van der Waals surface area contributed by atoms with Crippen LogP contribution in [0.15, 0.2) is 0 Å². The number of nitrogens with one attached hydrogen (secondary N) is 1. The molecule has 0 radical (unpaired) electrons. The molecule has 0 aromatic carbocycles. The summed E-state index contributed by atoms with van der Waals surface area (Å²) >= 11 is 0. The van der Waals surface area contributed by atoms with Gasteiger partial charge in [-0.3, -0.25) is 4.79 Å². The maximum atomic E-state index is 12.3. The third-order valence-corrected chi connectivity index (χ3v) is 3.56. The summed E-state index contributed by atoms with van der Waals surface area (Å²) < 4.78 is 5.40. The summed E-state index contributed by atoms with van der Waals surface area (Å²) in [5.41, 5.74) is 0.00134. The van der Waals surface area contributed by atoms with Gasteiger partial charge in [-0.1, -0.05) is 0 Å². The van der Waals surface area contributed by atoms with Gasteiger partial charge in [-0.2, -0.15) is 0 Å². The predicted molar refractivity (Wildman–Crippen MR) is 71.4 cm³/mol. The lowest BCUT2D eigenvalue weighted by Gasteiger charge is -2.27. The standard InChI is InChI=1S/C14H26N2O2/c1-14(2,3)15-8-13(17)16(12-4-5-12)9-11-6-7-18-10-11/h11-12,15H,4-10H2,1-3H3. The van der Waals surface area contributed by atoms with Gasteiger partial charge < -0.3 is 15.0 Å². The van der Waals surface area contributed by atoms with Crippen LogP contribution in [0, 0.1) is 5.92 Å². The van der Waals surface area contributed by atoms with Crippen LogP contribution in [-0.2, 0) is 9.53 Å². The largest absolute Gasteiger partial charge is 0.381 e. The highest BCUT2D eigenvalue weighted by Gasteiger charge is 2.34. The Labute approximate surface area is 110 Å². The minimum atomic E-state index is 0.00134. The molecule has 2 rings (SSSR count). The third-order valence-electron chi connectivity index (χ3n) is 3.56.